The Morgan fingerprint density at radius 2 is 2.00 bits per heavy atom. The predicted molar refractivity (Wildman–Crippen MR) is 162 cm³/mol. The smallest absolute Gasteiger partial charge is 0.0652 e. The lowest BCUT2D eigenvalue weighted by atomic mass is 9.31. The number of hydrogen-bond donors (Lipinski definition) is 1. The molecule has 1 saturated heterocycles. The summed E-state index contributed by atoms with van der Waals surface area (Å²) < 4.78 is 6.09. The molecule has 0 aromatic carbocycles. The SMILES string of the molecule is CCOCCC1CCCC12CC(C)C13CCC(C)=C1CC21C2(C=CCC31C)C=CC1C(CCCO)CCC13CN32. The van der Waals surface area contributed by atoms with Crippen LogP contribution in [0.25, 0.3) is 0 Å². The van der Waals surface area contributed by atoms with Crippen molar-refractivity contribution in [2.75, 3.05) is 26.4 Å². The minimum absolute atomic E-state index is 0.0569. The van der Waals surface area contributed by atoms with Crippen molar-refractivity contribution >= 4 is 0 Å². The number of aliphatic hydroxyl groups is 1. The van der Waals surface area contributed by atoms with Gasteiger partial charge in [0.05, 0.1) is 5.54 Å². The van der Waals surface area contributed by atoms with E-state index in [0.29, 0.717) is 34.3 Å². The normalized spacial score (nSPS) is 54.8. The van der Waals surface area contributed by atoms with E-state index in [9.17, 15) is 5.11 Å². The van der Waals surface area contributed by atoms with Crippen LogP contribution in [0.15, 0.2) is 35.5 Å². The molecular weight excluding hydrogens is 490 g/mol. The summed E-state index contributed by atoms with van der Waals surface area (Å²) in [5.41, 5.74) is 5.49. The zero-order chi connectivity index (χ0) is 27.6. The lowest BCUT2D eigenvalue weighted by Crippen LogP contribution is -2.73. The number of nitrogens with zero attached hydrogens (tertiary/aromatic N) is 1. The molecule has 11 unspecified atom stereocenters. The Morgan fingerprint density at radius 1 is 1.12 bits per heavy atom. The van der Waals surface area contributed by atoms with Crippen molar-refractivity contribution in [1.29, 1.82) is 0 Å². The molecule has 3 heteroatoms. The van der Waals surface area contributed by atoms with E-state index in [1.54, 1.807) is 5.57 Å². The molecule has 40 heavy (non-hydrogen) atoms. The number of fused-ring (bicyclic) bond motifs is 1. The van der Waals surface area contributed by atoms with Crippen LogP contribution >= 0.6 is 0 Å². The molecule has 8 aliphatic rings. The molecule has 0 aromatic heterocycles. The number of ether oxygens (including phenoxy) is 1. The summed E-state index contributed by atoms with van der Waals surface area (Å²) in [7, 11) is 0. The molecule has 0 radical (unpaired) electrons. The highest BCUT2D eigenvalue weighted by atomic mass is 16.5. The fraction of sp³-hybridized carbons (Fsp3) is 0.838. The lowest BCUT2D eigenvalue weighted by Gasteiger charge is -2.74. The van der Waals surface area contributed by atoms with E-state index in [0.717, 1.165) is 37.4 Å². The molecule has 5 fully saturated rings. The molecular formula is C37H55NO2. The zero-order valence-corrected chi connectivity index (χ0v) is 25.9. The van der Waals surface area contributed by atoms with Crippen LogP contribution in [0.2, 0.25) is 0 Å². The molecule has 3 nitrogen and oxygen atoms in total. The topological polar surface area (TPSA) is 32.5 Å². The summed E-state index contributed by atoms with van der Waals surface area (Å²) in [6.07, 6.45) is 28.2. The third kappa shape index (κ3) is 2.69. The van der Waals surface area contributed by atoms with Crippen molar-refractivity contribution in [1.82, 2.24) is 4.90 Å². The van der Waals surface area contributed by atoms with Gasteiger partial charge in [0.1, 0.15) is 0 Å². The van der Waals surface area contributed by atoms with Crippen LogP contribution in [0.4, 0.5) is 0 Å². The van der Waals surface area contributed by atoms with Gasteiger partial charge in [0, 0.05) is 42.7 Å². The molecule has 2 aliphatic heterocycles. The number of hydrogen-bond acceptors (Lipinski definition) is 3. The maximum absolute atomic E-state index is 9.61. The number of rotatable bonds is 7. The maximum atomic E-state index is 9.61. The molecule has 4 spiro atoms. The summed E-state index contributed by atoms with van der Waals surface area (Å²) in [6, 6.07) is 0. The van der Waals surface area contributed by atoms with Crippen molar-refractivity contribution in [3.63, 3.8) is 0 Å². The van der Waals surface area contributed by atoms with Crippen molar-refractivity contribution in [2.24, 2.45) is 45.3 Å². The van der Waals surface area contributed by atoms with Gasteiger partial charge in [-0.1, -0.05) is 55.7 Å². The van der Waals surface area contributed by atoms with E-state index < -0.39 is 0 Å². The highest BCUT2D eigenvalue weighted by molar-refractivity contribution is 5.54. The Kier molecular flexibility index (Phi) is 5.74. The van der Waals surface area contributed by atoms with Crippen LogP contribution in [0.5, 0.6) is 0 Å². The molecule has 2 heterocycles. The van der Waals surface area contributed by atoms with Gasteiger partial charge in [-0.3, -0.25) is 4.90 Å². The highest BCUT2D eigenvalue weighted by Gasteiger charge is 2.87. The molecule has 6 aliphatic carbocycles. The predicted octanol–water partition coefficient (Wildman–Crippen LogP) is 7.85. The van der Waals surface area contributed by atoms with Crippen molar-refractivity contribution in [2.45, 2.75) is 122 Å². The van der Waals surface area contributed by atoms with E-state index >= 15 is 0 Å². The molecule has 220 valence electrons. The molecule has 1 N–H and O–H groups in total. The van der Waals surface area contributed by atoms with E-state index in [4.69, 9.17) is 4.74 Å². The molecule has 8 rings (SSSR count). The quantitative estimate of drug-likeness (QED) is 0.201. The van der Waals surface area contributed by atoms with Gasteiger partial charge in [0.15, 0.2) is 0 Å². The minimum atomic E-state index is 0.0569. The van der Waals surface area contributed by atoms with Gasteiger partial charge in [0.25, 0.3) is 0 Å². The molecule has 0 aromatic rings. The van der Waals surface area contributed by atoms with E-state index in [-0.39, 0.29) is 11.0 Å². The third-order valence-electron chi connectivity index (χ3n) is 15.7. The second-order valence-electron chi connectivity index (χ2n) is 16.2. The zero-order valence-electron chi connectivity index (χ0n) is 25.9. The first-order chi connectivity index (χ1) is 19.3. The van der Waals surface area contributed by atoms with Gasteiger partial charge in [0.2, 0.25) is 0 Å². The summed E-state index contributed by atoms with van der Waals surface area (Å²) >= 11 is 0. The van der Waals surface area contributed by atoms with Gasteiger partial charge >= 0.3 is 0 Å². The van der Waals surface area contributed by atoms with Crippen molar-refractivity contribution in [3.05, 3.63) is 35.5 Å². The summed E-state index contributed by atoms with van der Waals surface area (Å²) in [5, 5.41) is 9.61. The van der Waals surface area contributed by atoms with Crippen LogP contribution < -0.4 is 0 Å². The maximum Gasteiger partial charge on any atom is 0.0652 e. The first kappa shape index (κ1) is 26.7. The van der Waals surface area contributed by atoms with Gasteiger partial charge in [-0.15, -0.1) is 0 Å². The average Bonchev–Trinajstić information content (AvgIpc) is 3.13. The van der Waals surface area contributed by atoms with Crippen LogP contribution in [0, 0.1) is 45.3 Å². The minimum Gasteiger partial charge on any atom is -0.396 e. The van der Waals surface area contributed by atoms with Gasteiger partial charge < -0.3 is 9.84 Å². The van der Waals surface area contributed by atoms with Gasteiger partial charge in [-0.25, -0.2) is 0 Å². The van der Waals surface area contributed by atoms with Crippen LogP contribution in [0.3, 0.4) is 0 Å². The van der Waals surface area contributed by atoms with Crippen molar-refractivity contribution in [3.8, 4) is 0 Å². The second-order valence-corrected chi connectivity index (χ2v) is 16.2. The Labute approximate surface area is 243 Å². The molecule has 2 bridgehead atoms. The number of aliphatic hydroxyl groups excluding tert-OH is 1. The Balaban J connectivity index is 1.33. The largest absolute Gasteiger partial charge is 0.396 e. The van der Waals surface area contributed by atoms with Gasteiger partial charge in [-0.2, -0.15) is 0 Å². The van der Waals surface area contributed by atoms with Gasteiger partial charge in [-0.05, 0) is 125 Å². The standard InChI is InChI=1S/C37H55NO2/c1-5-40-22-14-29-10-6-16-33(29)23-27(3)36-20-11-26(2)31(36)24-37(33)32(36,4)15-8-17-35(37)19-13-30-28(9-7-21-39)12-18-34(30)25-38(34)35/h8,13,17,19,27-30,39H,5-7,9-12,14-16,18,20-25H2,1-4H3. The summed E-state index contributed by atoms with van der Waals surface area (Å²) in [6.45, 7) is 13.6. The first-order valence-corrected chi connectivity index (χ1v) is 17.3. The fourth-order valence-electron chi connectivity index (χ4n) is 14.6. The van der Waals surface area contributed by atoms with E-state index in [2.05, 4.69) is 56.9 Å². The van der Waals surface area contributed by atoms with E-state index in [1.165, 1.54) is 83.6 Å². The number of allylic oxidation sites excluding steroid dienone is 3. The van der Waals surface area contributed by atoms with Crippen LogP contribution in [-0.4, -0.2) is 47.4 Å². The Bertz CT molecular complexity index is 1170. The fourth-order valence-corrected chi connectivity index (χ4v) is 14.6. The first-order valence-electron chi connectivity index (χ1n) is 17.3. The average molecular weight is 546 g/mol. The Hall–Kier alpha value is -0.900. The molecule has 0 amide bonds. The van der Waals surface area contributed by atoms with Crippen LogP contribution in [0.1, 0.15) is 111 Å². The third-order valence-corrected chi connectivity index (χ3v) is 15.7. The Morgan fingerprint density at radius 3 is 2.83 bits per heavy atom. The highest BCUT2D eigenvalue weighted by Crippen LogP contribution is 2.90. The molecule has 11 atom stereocenters. The molecule has 4 saturated carbocycles. The summed E-state index contributed by atoms with van der Waals surface area (Å²) in [5.74, 6) is 3.00. The lowest BCUT2D eigenvalue weighted by molar-refractivity contribution is -0.231. The van der Waals surface area contributed by atoms with E-state index in [1.807, 2.05) is 5.57 Å². The second kappa shape index (κ2) is 8.60. The monoisotopic (exact) mass is 545 g/mol. The summed E-state index contributed by atoms with van der Waals surface area (Å²) in [4.78, 5) is 3.11. The van der Waals surface area contributed by atoms with Crippen molar-refractivity contribution < 1.29 is 9.84 Å². The van der Waals surface area contributed by atoms with Crippen LogP contribution in [-0.2, 0) is 4.74 Å².